The third-order valence-corrected chi connectivity index (χ3v) is 3.00. The summed E-state index contributed by atoms with van der Waals surface area (Å²) in [6, 6.07) is 5.71. The van der Waals surface area contributed by atoms with Gasteiger partial charge < -0.3 is 10.4 Å². The van der Waals surface area contributed by atoms with Crippen molar-refractivity contribution in [2.24, 2.45) is 5.41 Å². The van der Waals surface area contributed by atoms with Gasteiger partial charge in [-0.1, -0.05) is 26.0 Å². The number of carboxylic acids is 1. The van der Waals surface area contributed by atoms with Gasteiger partial charge in [-0.05, 0) is 30.0 Å². The summed E-state index contributed by atoms with van der Waals surface area (Å²) < 4.78 is 13.1. The molecule has 0 saturated carbocycles. The first kappa shape index (κ1) is 16.1. The quantitative estimate of drug-likeness (QED) is 0.842. The van der Waals surface area contributed by atoms with E-state index in [1.807, 2.05) is 0 Å². The Balaban J connectivity index is 2.60. The van der Waals surface area contributed by atoms with E-state index < -0.39 is 11.4 Å². The van der Waals surface area contributed by atoms with Crippen LogP contribution in [0.1, 0.15) is 45.2 Å². The molecule has 1 amide bonds. The van der Waals surface area contributed by atoms with Crippen LogP contribution in [0.25, 0.3) is 0 Å². The Morgan fingerprint density at radius 1 is 1.35 bits per heavy atom. The lowest BCUT2D eigenvalue weighted by molar-refractivity contribution is -0.139. The van der Waals surface area contributed by atoms with Crippen LogP contribution in [0.15, 0.2) is 24.3 Å². The number of hydrogen-bond acceptors (Lipinski definition) is 2. The first-order valence-corrected chi connectivity index (χ1v) is 6.46. The van der Waals surface area contributed by atoms with Crippen molar-refractivity contribution in [2.75, 3.05) is 0 Å². The highest BCUT2D eigenvalue weighted by Gasteiger charge is 2.25. The van der Waals surface area contributed by atoms with Gasteiger partial charge in [-0.2, -0.15) is 0 Å². The van der Waals surface area contributed by atoms with Crippen LogP contribution in [-0.4, -0.2) is 17.0 Å². The predicted molar refractivity (Wildman–Crippen MR) is 73.6 cm³/mol. The van der Waals surface area contributed by atoms with Gasteiger partial charge in [0.15, 0.2) is 0 Å². The molecule has 1 aromatic rings. The van der Waals surface area contributed by atoms with Crippen molar-refractivity contribution in [3.63, 3.8) is 0 Å². The van der Waals surface area contributed by atoms with E-state index in [1.165, 1.54) is 12.1 Å². The van der Waals surface area contributed by atoms with Gasteiger partial charge in [0.2, 0.25) is 5.91 Å². The Kier molecular flexibility index (Phi) is 5.25. The van der Waals surface area contributed by atoms with Gasteiger partial charge >= 0.3 is 5.97 Å². The molecule has 0 bridgehead atoms. The fourth-order valence-corrected chi connectivity index (χ4v) is 2.06. The lowest BCUT2D eigenvalue weighted by Gasteiger charge is -2.23. The molecule has 0 aliphatic rings. The topological polar surface area (TPSA) is 66.4 Å². The Labute approximate surface area is 118 Å². The maximum absolute atomic E-state index is 13.1. The highest BCUT2D eigenvalue weighted by atomic mass is 19.1. The molecule has 1 aromatic carbocycles. The third kappa shape index (κ3) is 5.38. The number of aliphatic carboxylic acids is 1. The standard InChI is InChI=1S/C15H20FNO3/c1-10(11-5-4-6-12(16)7-11)17-13(18)8-15(2,3)9-14(19)20/h4-7,10H,8-9H2,1-3H3,(H,17,18)(H,19,20)/t10-/m0/s1. The van der Waals surface area contributed by atoms with E-state index in [-0.39, 0.29) is 30.6 Å². The normalized spacial score (nSPS) is 12.8. The van der Waals surface area contributed by atoms with Crippen LogP contribution in [0.2, 0.25) is 0 Å². The summed E-state index contributed by atoms with van der Waals surface area (Å²) >= 11 is 0. The molecule has 1 rings (SSSR count). The maximum atomic E-state index is 13.1. The molecule has 0 fully saturated rings. The molecule has 0 aromatic heterocycles. The van der Waals surface area contributed by atoms with Crippen LogP contribution < -0.4 is 5.32 Å². The second-order valence-electron chi connectivity index (χ2n) is 5.76. The molecular weight excluding hydrogens is 261 g/mol. The van der Waals surface area contributed by atoms with Crippen molar-refractivity contribution in [2.45, 2.75) is 39.7 Å². The van der Waals surface area contributed by atoms with Crippen LogP contribution in [0.5, 0.6) is 0 Å². The van der Waals surface area contributed by atoms with E-state index in [0.717, 1.165) is 0 Å². The summed E-state index contributed by atoms with van der Waals surface area (Å²) in [5.41, 5.74) is 0.0618. The summed E-state index contributed by atoms with van der Waals surface area (Å²) in [6.07, 6.45) is 0.0354. The van der Waals surface area contributed by atoms with E-state index in [0.29, 0.717) is 5.56 Å². The molecule has 110 valence electrons. The van der Waals surface area contributed by atoms with Gasteiger partial charge in [-0.15, -0.1) is 0 Å². The Bertz CT molecular complexity index is 500. The fraction of sp³-hybridized carbons (Fsp3) is 0.467. The minimum absolute atomic E-state index is 0.0746. The number of amides is 1. The lowest BCUT2D eigenvalue weighted by atomic mass is 9.85. The summed E-state index contributed by atoms with van der Waals surface area (Å²) in [5, 5.41) is 11.5. The molecule has 5 heteroatoms. The second-order valence-corrected chi connectivity index (χ2v) is 5.76. The van der Waals surface area contributed by atoms with E-state index >= 15 is 0 Å². The summed E-state index contributed by atoms with van der Waals surface area (Å²) in [5.74, 6) is -1.52. The maximum Gasteiger partial charge on any atom is 0.303 e. The van der Waals surface area contributed by atoms with Gasteiger partial charge in [0.1, 0.15) is 5.82 Å². The van der Waals surface area contributed by atoms with Crippen LogP contribution in [-0.2, 0) is 9.59 Å². The van der Waals surface area contributed by atoms with Crippen LogP contribution in [0, 0.1) is 11.2 Å². The molecule has 0 aliphatic heterocycles. The average molecular weight is 281 g/mol. The Morgan fingerprint density at radius 3 is 2.55 bits per heavy atom. The van der Waals surface area contributed by atoms with E-state index in [9.17, 15) is 14.0 Å². The molecule has 20 heavy (non-hydrogen) atoms. The molecule has 1 atom stereocenters. The van der Waals surface area contributed by atoms with Crippen LogP contribution >= 0.6 is 0 Å². The van der Waals surface area contributed by atoms with Crippen molar-refractivity contribution in [3.8, 4) is 0 Å². The van der Waals surface area contributed by atoms with Crippen LogP contribution in [0.3, 0.4) is 0 Å². The molecule has 4 nitrogen and oxygen atoms in total. The number of rotatable bonds is 6. The molecule has 0 unspecified atom stereocenters. The smallest absolute Gasteiger partial charge is 0.303 e. The van der Waals surface area contributed by atoms with Gasteiger partial charge in [-0.3, -0.25) is 9.59 Å². The highest BCUT2D eigenvalue weighted by Crippen LogP contribution is 2.25. The minimum Gasteiger partial charge on any atom is -0.481 e. The second kappa shape index (κ2) is 6.50. The fourth-order valence-electron chi connectivity index (χ4n) is 2.06. The average Bonchev–Trinajstić information content (AvgIpc) is 2.25. The van der Waals surface area contributed by atoms with Gasteiger partial charge in [0.05, 0.1) is 12.5 Å². The minimum atomic E-state index is -0.930. The van der Waals surface area contributed by atoms with Gasteiger partial charge in [0.25, 0.3) is 0 Å². The predicted octanol–water partition coefficient (Wildman–Crippen LogP) is 2.89. The summed E-state index contributed by atoms with van der Waals surface area (Å²) in [6.45, 7) is 5.22. The highest BCUT2D eigenvalue weighted by molar-refractivity contribution is 5.78. The molecule has 0 aliphatic carbocycles. The Morgan fingerprint density at radius 2 is 2.00 bits per heavy atom. The largest absolute Gasteiger partial charge is 0.481 e. The zero-order valence-corrected chi connectivity index (χ0v) is 11.9. The van der Waals surface area contributed by atoms with E-state index in [1.54, 1.807) is 32.9 Å². The van der Waals surface area contributed by atoms with Crippen molar-refractivity contribution < 1.29 is 19.1 Å². The molecule has 2 N–H and O–H groups in total. The first-order valence-electron chi connectivity index (χ1n) is 6.46. The number of carbonyl (C=O) groups is 2. The number of nitrogens with one attached hydrogen (secondary N) is 1. The molecule has 0 heterocycles. The van der Waals surface area contributed by atoms with Gasteiger partial charge in [-0.25, -0.2) is 4.39 Å². The SMILES string of the molecule is C[C@H](NC(=O)CC(C)(C)CC(=O)O)c1cccc(F)c1. The van der Waals surface area contributed by atoms with Crippen molar-refractivity contribution >= 4 is 11.9 Å². The van der Waals surface area contributed by atoms with Crippen LogP contribution in [0.4, 0.5) is 4.39 Å². The summed E-state index contributed by atoms with van der Waals surface area (Å²) in [7, 11) is 0. The van der Waals surface area contributed by atoms with Gasteiger partial charge in [0, 0.05) is 6.42 Å². The summed E-state index contributed by atoms with van der Waals surface area (Å²) in [4.78, 5) is 22.6. The van der Waals surface area contributed by atoms with E-state index in [2.05, 4.69) is 5.32 Å². The molecule has 0 spiro atoms. The zero-order chi connectivity index (χ0) is 15.3. The van der Waals surface area contributed by atoms with Crippen molar-refractivity contribution in [3.05, 3.63) is 35.6 Å². The molecular formula is C15H20FNO3. The Hall–Kier alpha value is -1.91. The van der Waals surface area contributed by atoms with Crippen molar-refractivity contribution in [1.82, 2.24) is 5.32 Å². The monoisotopic (exact) mass is 281 g/mol. The number of hydrogen-bond donors (Lipinski definition) is 2. The lowest BCUT2D eigenvalue weighted by Crippen LogP contribution is -2.32. The molecule has 0 radical (unpaired) electrons. The first-order chi connectivity index (χ1) is 9.19. The number of carboxylic acid groups (broad SMARTS) is 1. The molecule has 0 saturated heterocycles. The zero-order valence-electron chi connectivity index (χ0n) is 11.9. The number of benzene rings is 1. The third-order valence-electron chi connectivity index (χ3n) is 3.00. The number of carbonyl (C=O) groups excluding carboxylic acids is 1. The number of halogens is 1. The van der Waals surface area contributed by atoms with E-state index in [4.69, 9.17) is 5.11 Å². The van der Waals surface area contributed by atoms with Crippen molar-refractivity contribution in [1.29, 1.82) is 0 Å².